The second kappa shape index (κ2) is 2.86. The lowest BCUT2D eigenvalue weighted by Crippen LogP contribution is -2.40. The molecule has 0 aliphatic heterocycles. The van der Waals surface area contributed by atoms with Crippen LogP contribution in [-0.4, -0.2) is 5.11 Å². The third-order valence-electron chi connectivity index (χ3n) is 2.66. The summed E-state index contributed by atoms with van der Waals surface area (Å²) in [5, 5.41) is 18.6. The predicted octanol–water partition coefficient (Wildman–Crippen LogP) is 1.81. The van der Waals surface area contributed by atoms with Crippen molar-refractivity contribution in [2.24, 2.45) is 5.92 Å². The van der Waals surface area contributed by atoms with E-state index in [2.05, 4.69) is 6.07 Å². The molecule has 1 N–H and O–H groups in total. The summed E-state index contributed by atoms with van der Waals surface area (Å²) in [6.07, 6.45) is 1.15. The molecule has 0 heterocycles. The Morgan fingerprint density at radius 3 is 2.46 bits per heavy atom. The van der Waals surface area contributed by atoms with Crippen LogP contribution < -0.4 is 0 Å². The predicted molar refractivity (Wildman–Crippen MR) is 48.7 cm³/mol. The quantitative estimate of drug-likeness (QED) is 0.703. The van der Waals surface area contributed by atoms with Crippen LogP contribution in [-0.2, 0) is 5.60 Å². The van der Waals surface area contributed by atoms with E-state index in [4.69, 9.17) is 5.26 Å². The van der Waals surface area contributed by atoms with Crippen LogP contribution in [0.1, 0.15) is 18.4 Å². The van der Waals surface area contributed by atoms with Crippen molar-refractivity contribution in [2.75, 3.05) is 0 Å². The van der Waals surface area contributed by atoms with Gasteiger partial charge in [0.05, 0.1) is 17.6 Å². The molecule has 2 heteroatoms. The van der Waals surface area contributed by atoms with Gasteiger partial charge in [-0.05, 0) is 18.4 Å². The fourth-order valence-corrected chi connectivity index (χ4v) is 1.83. The Hall–Kier alpha value is -1.33. The maximum Gasteiger partial charge on any atom is 0.0921 e. The van der Waals surface area contributed by atoms with Gasteiger partial charge < -0.3 is 5.11 Å². The molecule has 0 atom stereocenters. The van der Waals surface area contributed by atoms with E-state index < -0.39 is 5.60 Å². The lowest BCUT2D eigenvalue weighted by atomic mass is 9.68. The van der Waals surface area contributed by atoms with Crippen LogP contribution in [0.4, 0.5) is 0 Å². The number of hydrogen-bond acceptors (Lipinski definition) is 2. The third kappa shape index (κ3) is 1.32. The van der Waals surface area contributed by atoms with Crippen molar-refractivity contribution >= 4 is 0 Å². The van der Waals surface area contributed by atoms with Crippen LogP contribution in [0, 0.1) is 17.2 Å². The molecule has 2 nitrogen and oxygen atoms in total. The fraction of sp³-hybridized carbons (Fsp3) is 0.364. The minimum Gasteiger partial charge on any atom is -0.385 e. The maximum atomic E-state index is 10.0. The first kappa shape index (κ1) is 8.28. The summed E-state index contributed by atoms with van der Waals surface area (Å²) in [6.45, 7) is 0. The molecule has 1 fully saturated rings. The van der Waals surface area contributed by atoms with E-state index in [1.807, 2.05) is 30.3 Å². The highest BCUT2D eigenvalue weighted by Crippen LogP contribution is 2.44. The molecule has 1 aliphatic carbocycles. The standard InChI is InChI=1S/C11H11NO/c12-8-9-6-11(13,7-9)10-4-2-1-3-5-10/h1-5,9,13H,6-7H2. The van der Waals surface area contributed by atoms with Crippen molar-refractivity contribution in [1.82, 2.24) is 0 Å². The minimum atomic E-state index is -0.734. The molecule has 1 aromatic carbocycles. The second-order valence-corrected chi connectivity index (χ2v) is 3.63. The monoisotopic (exact) mass is 173 g/mol. The van der Waals surface area contributed by atoms with E-state index in [-0.39, 0.29) is 5.92 Å². The number of benzene rings is 1. The summed E-state index contributed by atoms with van der Waals surface area (Å²) in [5.74, 6) is 0.0326. The first-order valence-corrected chi connectivity index (χ1v) is 4.42. The lowest BCUT2D eigenvalue weighted by Gasteiger charge is -2.40. The summed E-state index contributed by atoms with van der Waals surface area (Å²) < 4.78 is 0. The van der Waals surface area contributed by atoms with Gasteiger partial charge in [0.1, 0.15) is 0 Å². The van der Waals surface area contributed by atoms with Gasteiger partial charge in [-0.25, -0.2) is 0 Å². The van der Waals surface area contributed by atoms with Crippen LogP contribution in [0.25, 0.3) is 0 Å². The fourth-order valence-electron chi connectivity index (χ4n) is 1.83. The van der Waals surface area contributed by atoms with E-state index in [1.54, 1.807) is 0 Å². The molecular formula is C11H11NO. The van der Waals surface area contributed by atoms with Gasteiger partial charge in [0.25, 0.3) is 0 Å². The van der Waals surface area contributed by atoms with Crippen LogP contribution in [0.3, 0.4) is 0 Å². The Kier molecular flexibility index (Phi) is 1.82. The molecule has 2 rings (SSSR count). The van der Waals surface area contributed by atoms with Gasteiger partial charge in [0, 0.05) is 0 Å². The highest BCUT2D eigenvalue weighted by atomic mass is 16.3. The summed E-state index contributed by atoms with van der Waals surface area (Å²) in [6, 6.07) is 11.7. The van der Waals surface area contributed by atoms with E-state index in [0.717, 1.165) is 5.56 Å². The molecule has 0 aromatic heterocycles. The Balaban J connectivity index is 2.17. The molecule has 0 spiro atoms. The van der Waals surface area contributed by atoms with Crippen molar-refractivity contribution in [3.63, 3.8) is 0 Å². The summed E-state index contributed by atoms with van der Waals surface area (Å²) >= 11 is 0. The molecule has 13 heavy (non-hydrogen) atoms. The molecule has 1 aromatic rings. The van der Waals surface area contributed by atoms with Crippen LogP contribution in [0.5, 0.6) is 0 Å². The van der Waals surface area contributed by atoms with E-state index in [1.165, 1.54) is 0 Å². The average molecular weight is 173 g/mol. The first-order chi connectivity index (χ1) is 6.24. The molecule has 1 aliphatic rings. The molecule has 66 valence electrons. The number of nitrogens with zero attached hydrogens (tertiary/aromatic N) is 1. The van der Waals surface area contributed by atoms with E-state index in [9.17, 15) is 5.11 Å². The van der Waals surface area contributed by atoms with Gasteiger partial charge in [0.2, 0.25) is 0 Å². The van der Waals surface area contributed by atoms with E-state index >= 15 is 0 Å². The minimum absolute atomic E-state index is 0.0326. The Morgan fingerprint density at radius 1 is 1.31 bits per heavy atom. The SMILES string of the molecule is N#CC1CC(O)(c2ccccc2)C1. The Morgan fingerprint density at radius 2 is 1.92 bits per heavy atom. The number of hydrogen-bond donors (Lipinski definition) is 1. The lowest BCUT2D eigenvalue weighted by molar-refractivity contribution is -0.0628. The van der Waals surface area contributed by atoms with Gasteiger partial charge in [-0.1, -0.05) is 30.3 Å². The smallest absolute Gasteiger partial charge is 0.0921 e. The Bertz CT molecular complexity index is 333. The topological polar surface area (TPSA) is 44.0 Å². The van der Waals surface area contributed by atoms with Gasteiger partial charge in [-0.3, -0.25) is 0 Å². The maximum absolute atomic E-state index is 10.0. The zero-order chi connectivity index (χ0) is 9.31. The van der Waals surface area contributed by atoms with Gasteiger partial charge in [-0.15, -0.1) is 0 Å². The number of rotatable bonds is 1. The zero-order valence-electron chi connectivity index (χ0n) is 7.27. The summed E-state index contributed by atoms with van der Waals surface area (Å²) in [7, 11) is 0. The molecule has 0 bridgehead atoms. The largest absolute Gasteiger partial charge is 0.385 e. The van der Waals surface area contributed by atoms with Crippen molar-refractivity contribution < 1.29 is 5.11 Å². The van der Waals surface area contributed by atoms with Gasteiger partial charge in [-0.2, -0.15) is 5.26 Å². The van der Waals surface area contributed by atoms with Crippen molar-refractivity contribution in [3.05, 3.63) is 35.9 Å². The molecule has 1 saturated carbocycles. The van der Waals surface area contributed by atoms with Crippen LogP contribution in [0.15, 0.2) is 30.3 Å². The molecule has 0 amide bonds. The van der Waals surface area contributed by atoms with Gasteiger partial charge >= 0.3 is 0 Å². The van der Waals surface area contributed by atoms with Crippen molar-refractivity contribution in [3.8, 4) is 6.07 Å². The van der Waals surface area contributed by atoms with E-state index in [0.29, 0.717) is 12.8 Å². The first-order valence-electron chi connectivity index (χ1n) is 4.42. The highest BCUT2D eigenvalue weighted by Gasteiger charge is 2.43. The molecular weight excluding hydrogens is 162 g/mol. The summed E-state index contributed by atoms with van der Waals surface area (Å²) in [5.41, 5.74) is 0.197. The normalized spacial score (nSPS) is 31.8. The second-order valence-electron chi connectivity index (χ2n) is 3.63. The van der Waals surface area contributed by atoms with Crippen LogP contribution in [0.2, 0.25) is 0 Å². The van der Waals surface area contributed by atoms with Crippen LogP contribution >= 0.6 is 0 Å². The number of nitriles is 1. The molecule has 0 radical (unpaired) electrons. The summed E-state index contributed by atoms with van der Waals surface area (Å²) in [4.78, 5) is 0. The van der Waals surface area contributed by atoms with Gasteiger partial charge in [0.15, 0.2) is 0 Å². The highest BCUT2D eigenvalue weighted by molar-refractivity contribution is 5.26. The van der Waals surface area contributed by atoms with Crippen molar-refractivity contribution in [1.29, 1.82) is 5.26 Å². The molecule has 0 unspecified atom stereocenters. The number of aliphatic hydroxyl groups is 1. The van der Waals surface area contributed by atoms with Crippen molar-refractivity contribution in [2.45, 2.75) is 18.4 Å². The molecule has 0 saturated heterocycles. The average Bonchev–Trinajstić information content (AvgIpc) is 2.14. The zero-order valence-corrected chi connectivity index (χ0v) is 7.27. The third-order valence-corrected chi connectivity index (χ3v) is 2.66. The Labute approximate surface area is 77.4 Å².